The van der Waals surface area contributed by atoms with E-state index in [-0.39, 0.29) is 18.3 Å². The predicted octanol–water partition coefficient (Wildman–Crippen LogP) is 3.89. The third-order valence-electron chi connectivity index (χ3n) is 4.95. The Labute approximate surface area is 204 Å². The van der Waals surface area contributed by atoms with E-state index in [9.17, 15) is 0 Å². The van der Waals surface area contributed by atoms with Gasteiger partial charge >= 0.3 is 205 Å². The number of halogens is 1. The molecule has 4 nitrogen and oxygen atoms in total. The molecule has 1 aliphatic carbocycles. The number of hydrogen-bond acceptors (Lipinski definition) is 4. The summed E-state index contributed by atoms with van der Waals surface area (Å²) in [6.45, 7) is 12.3. The van der Waals surface area contributed by atoms with Crippen LogP contribution >= 0.6 is 0 Å². The second kappa shape index (κ2) is 12.0. The summed E-state index contributed by atoms with van der Waals surface area (Å²) in [5.41, 5.74) is 0. The molecule has 32 heavy (non-hydrogen) atoms. The topological polar surface area (TPSA) is 36.9 Å². The summed E-state index contributed by atoms with van der Waals surface area (Å²) in [5, 5.41) is 0. The molecule has 0 radical (unpaired) electrons. The molecule has 0 heterocycles. The van der Waals surface area contributed by atoms with Crippen molar-refractivity contribution < 1.29 is 40.2 Å². The van der Waals surface area contributed by atoms with Crippen LogP contribution in [-0.2, 0) is 0 Å². The van der Waals surface area contributed by atoms with Crippen molar-refractivity contribution in [1.82, 2.24) is 0 Å². The first-order chi connectivity index (χ1) is 15.3. The standard InChI is InChI=1S/C27H38IO4/c1-18(2)29-24-16-25(30-19(3)4)27(26(17-24)31-20(5)6)28-21-12-14-23(15-13-21)32-22-10-8-7-9-11-22/h12-20,22H,7-11H2,1-6H3/q-1. The number of ether oxygens (including phenoxy) is 4. The van der Waals surface area contributed by atoms with E-state index in [0.717, 1.165) is 26.6 Å². The molecular formula is C27H38IO4-. The Hall–Kier alpha value is -1.63. The van der Waals surface area contributed by atoms with E-state index in [1.807, 2.05) is 26.0 Å². The maximum atomic E-state index is 6.23. The van der Waals surface area contributed by atoms with Gasteiger partial charge in [0.05, 0.1) is 0 Å². The van der Waals surface area contributed by atoms with Gasteiger partial charge in [0, 0.05) is 0 Å². The van der Waals surface area contributed by atoms with Gasteiger partial charge in [-0.25, -0.2) is 0 Å². The summed E-state index contributed by atoms with van der Waals surface area (Å²) in [7, 11) is 0. The third kappa shape index (κ3) is 7.75. The predicted molar refractivity (Wildman–Crippen MR) is 125 cm³/mol. The molecule has 0 spiro atoms. The molecule has 3 rings (SSSR count). The van der Waals surface area contributed by atoms with Crippen LogP contribution in [0.4, 0.5) is 0 Å². The summed E-state index contributed by atoms with van der Waals surface area (Å²) in [5.74, 6) is 3.49. The number of hydrogen-bond donors (Lipinski definition) is 0. The van der Waals surface area contributed by atoms with Crippen molar-refractivity contribution in [2.75, 3.05) is 0 Å². The maximum absolute atomic E-state index is 6.23. The van der Waals surface area contributed by atoms with Crippen LogP contribution in [0.3, 0.4) is 0 Å². The average molecular weight is 554 g/mol. The van der Waals surface area contributed by atoms with E-state index in [2.05, 4.69) is 52.0 Å². The van der Waals surface area contributed by atoms with Gasteiger partial charge in [-0.2, -0.15) is 0 Å². The fourth-order valence-corrected chi connectivity index (χ4v) is 6.16. The Morgan fingerprint density at radius 1 is 0.688 bits per heavy atom. The van der Waals surface area contributed by atoms with Gasteiger partial charge in [0.25, 0.3) is 0 Å². The van der Waals surface area contributed by atoms with E-state index in [1.165, 1.54) is 35.7 Å². The Kier molecular flexibility index (Phi) is 9.38. The fourth-order valence-electron chi connectivity index (χ4n) is 3.72. The third-order valence-corrected chi connectivity index (χ3v) is 7.89. The van der Waals surface area contributed by atoms with Crippen molar-refractivity contribution in [2.24, 2.45) is 0 Å². The van der Waals surface area contributed by atoms with Crippen LogP contribution in [0.15, 0.2) is 36.4 Å². The molecule has 1 fully saturated rings. The minimum absolute atomic E-state index is 0.0743. The van der Waals surface area contributed by atoms with Gasteiger partial charge < -0.3 is 0 Å². The molecule has 1 aliphatic rings. The molecule has 0 bridgehead atoms. The first-order valence-electron chi connectivity index (χ1n) is 11.9. The van der Waals surface area contributed by atoms with E-state index in [4.69, 9.17) is 18.9 Å². The summed E-state index contributed by atoms with van der Waals surface area (Å²) >= 11 is -0.507. The van der Waals surface area contributed by atoms with E-state index in [1.54, 1.807) is 0 Å². The molecule has 0 aromatic heterocycles. The van der Waals surface area contributed by atoms with Gasteiger partial charge in [-0.1, -0.05) is 0 Å². The first-order valence-corrected chi connectivity index (χ1v) is 14.1. The van der Waals surface area contributed by atoms with Crippen molar-refractivity contribution in [1.29, 1.82) is 0 Å². The van der Waals surface area contributed by atoms with Gasteiger partial charge in [0.2, 0.25) is 0 Å². The van der Waals surface area contributed by atoms with Crippen LogP contribution < -0.4 is 40.2 Å². The molecule has 0 N–H and O–H groups in total. The molecular weight excluding hydrogens is 515 g/mol. The SMILES string of the molecule is CC(C)Oc1cc(OC(C)C)c([I-]c2ccc(OC3CCCCC3)cc2)c(OC(C)C)c1. The van der Waals surface area contributed by atoms with Crippen molar-refractivity contribution in [3.63, 3.8) is 0 Å². The number of benzene rings is 2. The zero-order chi connectivity index (χ0) is 23.1. The Balaban J connectivity index is 1.85. The normalized spacial score (nSPS) is 14.9. The summed E-state index contributed by atoms with van der Waals surface area (Å²) in [6, 6.07) is 12.7. The van der Waals surface area contributed by atoms with Crippen LogP contribution in [0.25, 0.3) is 0 Å². The molecule has 1 saturated carbocycles. The summed E-state index contributed by atoms with van der Waals surface area (Å²) in [6.07, 6.45) is 6.85. The molecule has 2 aromatic carbocycles. The molecule has 178 valence electrons. The Bertz CT molecular complexity index is 808. The average Bonchev–Trinajstić information content (AvgIpc) is 2.71. The first kappa shape index (κ1) is 25.0. The molecule has 5 heteroatoms. The van der Waals surface area contributed by atoms with Crippen LogP contribution in [0.2, 0.25) is 0 Å². The van der Waals surface area contributed by atoms with Crippen molar-refractivity contribution in [3.05, 3.63) is 43.5 Å². The van der Waals surface area contributed by atoms with Gasteiger partial charge in [-0.3, -0.25) is 0 Å². The van der Waals surface area contributed by atoms with E-state index < -0.39 is 21.2 Å². The molecule has 0 amide bonds. The second-order valence-electron chi connectivity index (χ2n) is 9.16. The van der Waals surface area contributed by atoms with Gasteiger partial charge in [-0.15, -0.1) is 0 Å². The molecule has 2 aromatic rings. The monoisotopic (exact) mass is 553 g/mol. The van der Waals surface area contributed by atoms with E-state index in [0.29, 0.717) is 6.10 Å². The molecule has 0 saturated heterocycles. The van der Waals surface area contributed by atoms with Gasteiger partial charge in [-0.05, 0) is 0 Å². The molecule has 0 aliphatic heterocycles. The van der Waals surface area contributed by atoms with Crippen LogP contribution in [-0.4, -0.2) is 24.4 Å². The van der Waals surface area contributed by atoms with Crippen molar-refractivity contribution in [3.8, 4) is 23.0 Å². The quantitative estimate of drug-likeness (QED) is 0.419. The summed E-state index contributed by atoms with van der Waals surface area (Å²) in [4.78, 5) is 0. The minimum atomic E-state index is -0.507. The Morgan fingerprint density at radius 3 is 1.72 bits per heavy atom. The van der Waals surface area contributed by atoms with Crippen LogP contribution in [0.5, 0.6) is 23.0 Å². The second-order valence-corrected chi connectivity index (χ2v) is 12.0. The molecule has 0 unspecified atom stereocenters. The zero-order valence-electron chi connectivity index (χ0n) is 20.3. The van der Waals surface area contributed by atoms with Crippen molar-refractivity contribution in [2.45, 2.75) is 98.1 Å². The van der Waals surface area contributed by atoms with Crippen LogP contribution in [0, 0.1) is 7.14 Å². The number of rotatable bonds is 10. The summed E-state index contributed by atoms with van der Waals surface area (Å²) < 4.78 is 27.1. The Morgan fingerprint density at radius 2 is 1.22 bits per heavy atom. The van der Waals surface area contributed by atoms with Crippen LogP contribution in [0.1, 0.15) is 73.6 Å². The van der Waals surface area contributed by atoms with Gasteiger partial charge in [0.15, 0.2) is 0 Å². The van der Waals surface area contributed by atoms with E-state index >= 15 is 0 Å². The fraction of sp³-hybridized carbons (Fsp3) is 0.556. The van der Waals surface area contributed by atoms with Crippen molar-refractivity contribution >= 4 is 0 Å². The van der Waals surface area contributed by atoms with Gasteiger partial charge in [0.1, 0.15) is 0 Å². The zero-order valence-corrected chi connectivity index (χ0v) is 22.5. The molecule has 0 atom stereocenters.